The molecule has 0 saturated carbocycles. The standard InChI is InChI=1S/C3H8.CH5NO3S2.6CH4/c1-3-2;2-1-7(4,6)5-3;;;;;;/h3H2,1-2H3;3H,1-2H2;6*1H4. The van der Waals surface area contributed by atoms with Gasteiger partial charge >= 0.3 is 0 Å². The third-order valence-corrected chi connectivity index (χ3v) is 1.54. The van der Waals surface area contributed by atoms with Gasteiger partial charge in [-0.1, -0.05) is 64.8 Å². The van der Waals surface area contributed by atoms with Gasteiger partial charge in [0.2, 0.25) is 0 Å². The van der Waals surface area contributed by atoms with Crippen LogP contribution in [0.4, 0.5) is 0 Å². The van der Waals surface area contributed by atoms with E-state index in [9.17, 15) is 4.21 Å². The van der Waals surface area contributed by atoms with Gasteiger partial charge in [0.15, 0.2) is 8.77 Å². The predicted octanol–water partition coefficient (Wildman–Crippen LogP) is 4.29. The first-order chi connectivity index (χ1) is 4.54. The van der Waals surface area contributed by atoms with Crippen LogP contribution in [0.25, 0.3) is 0 Å². The SMILES string of the molecule is C.C.C.C.C.C.CCC.NCS(=O)(=S)OO. The maximum absolute atomic E-state index is 10.1. The van der Waals surface area contributed by atoms with Crippen LogP contribution in [0, 0.1) is 0 Å². The van der Waals surface area contributed by atoms with E-state index in [0.717, 1.165) is 0 Å². The van der Waals surface area contributed by atoms with Gasteiger partial charge in [0.1, 0.15) is 0 Å². The van der Waals surface area contributed by atoms with E-state index in [4.69, 9.17) is 11.0 Å². The summed E-state index contributed by atoms with van der Waals surface area (Å²) in [5.41, 5.74) is 4.75. The highest BCUT2D eigenvalue weighted by atomic mass is 32.8. The molecule has 0 aromatic heterocycles. The molecule has 4 nitrogen and oxygen atoms in total. The Morgan fingerprint density at radius 3 is 1.31 bits per heavy atom. The lowest BCUT2D eigenvalue weighted by Gasteiger charge is -1.92. The molecular weight excluding hydrogens is 246 g/mol. The summed E-state index contributed by atoms with van der Waals surface area (Å²) in [6.45, 7) is 4.25. The Morgan fingerprint density at radius 1 is 1.12 bits per heavy atom. The van der Waals surface area contributed by atoms with Crippen molar-refractivity contribution in [1.82, 2.24) is 0 Å². The van der Waals surface area contributed by atoms with Gasteiger partial charge in [0, 0.05) is 11.2 Å². The van der Waals surface area contributed by atoms with Gasteiger partial charge in [-0.05, 0) is 0 Å². The summed E-state index contributed by atoms with van der Waals surface area (Å²) in [6.07, 6.45) is 1.25. The summed E-state index contributed by atoms with van der Waals surface area (Å²) < 4.78 is 13.4. The molecule has 0 aliphatic carbocycles. The van der Waals surface area contributed by atoms with Crippen molar-refractivity contribution in [2.45, 2.75) is 64.8 Å². The Hall–Kier alpha value is 0.250. The van der Waals surface area contributed by atoms with Gasteiger partial charge in [0.25, 0.3) is 0 Å². The number of nitrogens with two attached hydrogens (primary N) is 1. The van der Waals surface area contributed by atoms with Crippen molar-refractivity contribution in [2.75, 3.05) is 5.88 Å². The Kier molecular flexibility index (Phi) is 126. The minimum atomic E-state index is -2.99. The second-order valence-corrected chi connectivity index (χ2v) is 4.63. The summed E-state index contributed by atoms with van der Waals surface area (Å²) in [5.74, 6) is -0.334. The van der Waals surface area contributed by atoms with Crippen molar-refractivity contribution >= 4 is 20.0 Å². The van der Waals surface area contributed by atoms with Crippen LogP contribution < -0.4 is 5.73 Å². The van der Waals surface area contributed by atoms with Crippen molar-refractivity contribution in [1.29, 1.82) is 0 Å². The van der Waals surface area contributed by atoms with E-state index < -0.39 is 8.77 Å². The van der Waals surface area contributed by atoms with Gasteiger partial charge in [0.05, 0.1) is 5.88 Å². The van der Waals surface area contributed by atoms with Crippen LogP contribution in [0.1, 0.15) is 64.8 Å². The van der Waals surface area contributed by atoms with Crippen molar-refractivity contribution < 1.29 is 13.8 Å². The monoisotopic (exact) mass is 283 g/mol. The molecule has 1 atom stereocenters. The molecule has 3 N–H and O–H groups in total. The van der Waals surface area contributed by atoms with Gasteiger partial charge < -0.3 is 5.73 Å². The fourth-order valence-electron chi connectivity index (χ4n) is 0.0304. The normalized spacial score (nSPS) is 9.25. The minimum Gasteiger partial charge on any atom is -0.318 e. The molecule has 0 aromatic carbocycles. The smallest absolute Gasteiger partial charge is 0.186 e. The lowest BCUT2D eigenvalue weighted by Crippen LogP contribution is -2.13. The van der Waals surface area contributed by atoms with E-state index in [1.54, 1.807) is 0 Å². The van der Waals surface area contributed by atoms with Crippen LogP contribution in [-0.2, 0) is 24.3 Å². The maximum atomic E-state index is 10.1. The second kappa shape index (κ2) is 36.2. The van der Waals surface area contributed by atoms with Gasteiger partial charge in [-0.2, -0.15) is 0 Å². The molecular formula is C10H37NO3S2. The Labute approximate surface area is 110 Å². The minimum absolute atomic E-state index is 0. The number of rotatable bonds is 2. The molecule has 0 rings (SSSR count). The molecule has 0 bridgehead atoms. The number of hydrogen-bond acceptors (Lipinski definition) is 5. The quantitative estimate of drug-likeness (QED) is 0.584. The molecule has 112 valence electrons. The first kappa shape index (κ1) is 55.5. The third-order valence-electron chi connectivity index (χ3n) is 0.318. The van der Waals surface area contributed by atoms with Crippen LogP contribution in [0.5, 0.6) is 0 Å². The zero-order valence-electron chi connectivity index (χ0n) is 6.07. The molecule has 0 saturated heterocycles. The van der Waals surface area contributed by atoms with Crippen LogP contribution in [0.2, 0.25) is 0 Å². The summed E-state index contributed by atoms with van der Waals surface area (Å²) in [4.78, 5) is 0. The average Bonchev–Trinajstić information content (AvgIpc) is 1.90. The fourth-order valence-corrected chi connectivity index (χ4v) is 0.0913. The summed E-state index contributed by atoms with van der Waals surface area (Å²) >= 11 is 4.08. The highest BCUT2D eigenvalue weighted by Gasteiger charge is 1.97. The summed E-state index contributed by atoms with van der Waals surface area (Å²) in [6, 6.07) is 0. The molecule has 0 radical (unpaired) electrons. The van der Waals surface area contributed by atoms with E-state index in [1.165, 1.54) is 6.42 Å². The third kappa shape index (κ3) is 64.0. The van der Waals surface area contributed by atoms with Crippen molar-refractivity contribution in [3.8, 4) is 0 Å². The average molecular weight is 284 g/mol. The second-order valence-electron chi connectivity index (χ2n) is 1.51. The molecule has 0 fully saturated rings. The topological polar surface area (TPSA) is 72.6 Å². The van der Waals surface area contributed by atoms with Gasteiger partial charge in [-0.3, -0.25) is 0 Å². The zero-order valence-corrected chi connectivity index (χ0v) is 7.70. The van der Waals surface area contributed by atoms with Crippen molar-refractivity contribution in [2.24, 2.45) is 5.73 Å². The Balaban J connectivity index is -0.0000000109. The van der Waals surface area contributed by atoms with Crippen LogP contribution >= 0.6 is 0 Å². The highest BCUT2D eigenvalue weighted by Crippen LogP contribution is 1.82. The molecule has 6 heteroatoms. The van der Waals surface area contributed by atoms with Crippen molar-refractivity contribution in [3.05, 3.63) is 0 Å². The van der Waals surface area contributed by atoms with E-state index in [0.29, 0.717) is 0 Å². The summed E-state index contributed by atoms with van der Waals surface area (Å²) in [5, 5.41) is 7.63. The van der Waals surface area contributed by atoms with Crippen LogP contribution in [0.15, 0.2) is 0 Å². The van der Waals surface area contributed by atoms with Gasteiger partial charge in [-0.25, -0.2) is 9.47 Å². The molecule has 0 aliphatic rings. The molecule has 0 aromatic rings. The van der Waals surface area contributed by atoms with Crippen LogP contribution in [-0.4, -0.2) is 15.3 Å². The Bertz CT molecular complexity index is 138. The lowest BCUT2D eigenvalue weighted by molar-refractivity contribution is -0.124. The maximum Gasteiger partial charge on any atom is 0.186 e. The first-order valence-electron chi connectivity index (χ1n) is 2.79. The fraction of sp³-hybridized carbons (Fsp3) is 1.00. The van der Waals surface area contributed by atoms with E-state index >= 15 is 0 Å². The number of hydrogen-bond donors (Lipinski definition) is 2. The molecule has 0 aliphatic heterocycles. The lowest BCUT2D eigenvalue weighted by atomic mass is 10.6. The molecule has 1 unspecified atom stereocenters. The highest BCUT2D eigenvalue weighted by molar-refractivity contribution is 8.30. The predicted molar refractivity (Wildman–Crippen MR) is 84.6 cm³/mol. The van der Waals surface area contributed by atoms with E-state index in [1.807, 2.05) is 0 Å². The molecule has 16 heavy (non-hydrogen) atoms. The van der Waals surface area contributed by atoms with E-state index in [2.05, 4.69) is 29.4 Å². The molecule has 0 heterocycles. The van der Waals surface area contributed by atoms with Gasteiger partial charge in [-0.15, -0.1) is 4.33 Å². The zero-order chi connectivity index (χ0) is 8.62. The summed E-state index contributed by atoms with van der Waals surface area (Å²) in [7, 11) is -2.99. The van der Waals surface area contributed by atoms with E-state index in [-0.39, 0.29) is 50.4 Å². The largest absolute Gasteiger partial charge is 0.318 e. The molecule has 0 spiro atoms. The van der Waals surface area contributed by atoms with Crippen LogP contribution in [0.3, 0.4) is 0 Å². The first-order valence-corrected chi connectivity index (χ1v) is 5.37. The molecule has 0 amide bonds. The van der Waals surface area contributed by atoms with Crippen molar-refractivity contribution in [3.63, 3.8) is 0 Å². The Morgan fingerprint density at radius 2 is 1.31 bits per heavy atom.